The van der Waals surface area contributed by atoms with Crippen molar-refractivity contribution in [3.05, 3.63) is 12.0 Å². The fourth-order valence-corrected chi connectivity index (χ4v) is 1.04. The van der Waals surface area contributed by atoms with Crippen LogP contribution in [-0.2, 0) is 6.54 Å². The molecule has 3 N–H and O–H groups in total. The molecule has 2 rings (SSSR count). The quantitative estimate of drug-likeness (QED) is 0.539. The number of fused-ring (bicyclic) bond motifs is 1. The molecule has 0 saturated heterocycles. The molecular weight excluding hydrogens is 142 g/mol. The van der Waals surface area contributed by atoms with Crippen molar-refractivity contribution in [3.8, 4) is 0 Å². The monoisotopic (exact) mass is 151 g/mol. The zero-order valence-corrected chi connectivity index (χ0v) is 6.20. The Bertz CT molecular complexity index is 300. The summed E-state index contributed by atoms with van der Waals surface area (Å²) in [6.07, 6.45) is 1.63. The maximum absolute atomic E-state index is 5.57. The average molecular weight is 151 g/mol. The van der Waals surface area contributed by atoms with Crippen molar-refractivity contribution in [1.82, 2.24) is 14.9 Å². The Hall–Kier alpha value is -1.52. The van der Waals surface area contributed by atoms with E-state index in [1.807, 2.05) is 11.9 Å². The van der Waals surface area contributed by atoms with Crippen molar-refractivity contribution in [1.29, 1.82) is 0 Å². The van der Waals surface area contributed by atoms with Crippen molar-refractivity contribution in [2.45, 2.75) is 6.54 Å². The number of hydrogen-bond acceptors (Lipinski definition) is 4. The first-order chi connectivity index (χ1) is 5.27. The van der Waals surface area contributed by atoms with Crippen LogP contribution < -0.4 is 5.73 Å². The average Bonchev–Trinajstić information content (AvgIpc) is 2.36. The van der Waals surface area contributed by atoms with Gasteiger partial charge >= 0.3 is 0 Å². The maximum Gasteiger partial charge on any atom is 0.198 e. The molecule has 1 aliphatic heterocycles. The van der Waals surface area contributed by atoms with E-state index in [-0.39, 0.29) is 0 Å². The highest BCUT2D eigenvalue weighted by atomic mass is 15.3. The van der Waals surface area contributed by atoms with Crippen LogP contribution in [0.25, 0.3) is 0 Å². The molecule has 0 aliphatic carbocycles. The summed E-state index contributed by atoms with van der Waals surface area (Å²) in [7, 11) is 1.89. The molecule has 0 bridgehead atoms. The van der Waals surface area contributed by atoms with Crippen LogP contribution in [0.2, 0.25) is 0 Å². The number of aromatic amines is 1. The van der Waals surface area contributed by atoms with Gasteiger partial charge < -0.3 is 15.6 Å². The Kier molecular flexibility index (Phi) is 1.12. The number of H-pyrrole nitrogens is 1. The van der Waals surface area contributed by atoms with E-state index >= 15 is 0 Å². The molecule has 5 heteroatoms. The standard InChI is InChI=1S/C6H9N5/c1-11-2-4-5(9-3-8-4)10-6(11)7/h3H,2H2,1H3,(H2,7,10)(H,8,9). The second-order valence-electron chi connectivity index (χ2n) is 2.53. The Morgan fingerprint density at radius 3 is 3.36 bits per heavy atom. The third-order valence-electron chi connectivity index (χ3n) is 1.70. The smallest absolute Gasteiger partial charge is 0.198 e. The predicted molar refractivity (Wildman–Crippen MR) is 41.3 cm³/mol. The van der Waals surface area contributed by atoms with E-state index in [1.165, 1.54) is 0 Å². The number of hydrogen-bond donors (Lipinski definition) is 2. The van der Waals surface area contributed by atoms with Gasteiger partial charge in [0, 0.05) is 7.05 Å². The molecule has 0 spiro atoms. The van der Waals surface area contributed by atoms with Gasteiger partial charge in [0.2, 0.25) is 0 Å². The highest BCUT2D eigenvalue weighted by molar-refractivity contribution is 5.82. The summed E-state index contributed by atoms with van der Waals surface area (Å²) < 4.78 is 0. The number of imidazole rings is 1. The lowest BCUT2D eigenvalue weighted by Crippen LogP contribution is -2.35. The van der Waals surface area contributed by atoms with E-state index in [1.54, 1.807) is 6.33 Å². The van der Waals surface area contributed by atoms with Crippen LogP contribution in [0.1, 0.15) is 5.69 Å². The minimum atomic E-state index is 0.518. The van der Waals surface area contributed by atoms with Crippen molar-refractivity contribution in [3.63, 3.8) is 0 Å². The molecule has 11 heavy (non-hydrogen) atoms. The number of guanidine groups is 1. The van der Waals surface area contributed by atoms with Gasteiger partial charge in [-0.25, -0.2) is 4.98 Å². The first-order valence-electron chi connectivity index (χ1n) is 3.35. The molecule has 0 unspecified atom stereocenters. The lowest BCUT2D eigenvalue weighted by atomic mass is 10.4. The zero-order chi connectivity index (χ0) is 7.84. The number of aliphatic imine (C=N–C) groups is 1. The molecule has 0 radical (unpaired) electrons. The van der Waals surface area contributed by atoms with Gasteiger partial charge in [-0.1, -0.05) is 0 Å². The van der Waals surface area contributed by atoms with E-state index in [0.717, 1.165) is 12.2 Å². The minimum Gasteiger partial charge on any atom is -0.369 e. The molecule has 58 valence electrons. The molecule has 0 amide bonds. The lowest BCUT2D eigenvalue weighted by molar-refractivity contribution is 0.480. The molecule has 1 aromatic heterocycles. The Labute approximate surface area is 63.9 Å². The van der Waals surface area contributed by atoms with Crippen molar-refractivity contribution in [2.75, 3.05) is 7.05 Å². The molecule has 0 fully saturated rings. The highest BCUT2D eigenvalue weighted by Crippen LogP contribution is 2.18. The Balaban J connectivity index is 2.47. The summed E-state index contributed by atoms with van der Waals surface area (Å²) in [6.45, 7) is 0.755. The van der Waals surface area contributed by atoms with Crippen LogP contribution in [0.5, 0.6) is 0 Å². The molecule has 1 aromatic rings. The molecule has 0 saturated carbocycles. The summed E-state index contributed by atoms with van der Waals surface area (Å²) in [5.74, 6) is 1.23. The van der Waals surface area contributed by atoms with Gasteiger partial charge in [0.25, 0.3) is 0 Å². The maximum atomic E-state index is 5.57. The summed E-state index contributed by atoms with van der Waals surface area (Å²) in [6, 6.07) is 0. The van der Waals surface area contributed by atoms with Gasteiger partial charge in [-0.05, 0) is 0 Å². The third-order valence-corrected chi connectivity index (χ3v) is 1.70. The molecule has 2 heterocycles. The number of nitrogens with zero attached hydrogens (tertiary/aromatic N) is 3. The Morgan fingerprint density at radius 1 is 1.73 bits per heavy atom. The SMILES string of the molecule is CN1Cc2[nH]cnc2N=C1N. The van der Waals surface area contributed by atoms with Crippen LogP contribution >= 0.6 is 0 Å². The van der Waals surface area contributed by atoms with E-state index in [2.05, 4.69) is 15.0 Å². The fourth-order valence-electron chi connectivity index (χ4n) is 1.04. The summed E-state index contributed by atoms with van der Waals surface area (Å²) in [5.41, 5.74) is 6.59. The van der Waals surface area contributed by atoms with Gasteiger partial charge in [0.05, 0.1) is 18.6 Å². The van der Waals surface area contributed by atoms with Gasteiger partial charge in [0.15, 0.2) is 11.8 Å². The van der Waals surface area contributed by atoms with Crippen molar-refractivity contribution in [2.24, 2.45) is 10.7 Å². The second-order valence-corrected chi connectivity index (χ2v) is 2.53. The van der Waals surface area contributed by atoms with E-state index in [4.69, 9.17) is 5.73 Å². The predicted octanol–water partition coefficient (Wildman–Crippen LogP) is -0.199. The molecule has 1 aliphatic rings. The largest absolute Gasteiger partial charge is 0.369 e. The number of nitrogens with one attached hydrogen (secondary N) is 1. The summed E-state index contributed by atoms with van der Waals surface area (Å²) >= 11 is 0. The third kappa shape index (κ3) is 0.849. The zero-order valence-electron chi connectivity index (χ0n) is 6.20. The van der Waals surface area contributed by atoms with E-state index < -0.39 is 0 Å². The first-order valence-corrected chi connectivity index (χ1v) is 3.35. The summed E-state index contributed by atoms with van der Waals surface area (Å²) in [5, 5.41) is 0. The fraction of sp³-hybridized carbons (Fsp3) is 0.333. The van der Waals surface area contributed by atoms with Gasteiger partial charge in [-0.3, -0.25) is 0 Å². The van der Waals surface area contributed by atoms with Crippen LogP contribution in [0.4, 0.5) is 5.82 Å². The van der Waals surface area contributed by atoms with Crippen LogP contribution in [0.3, 0.4) is 0 Å². The van der Waals surface area contributed by atoms with Crippen LogP contribution in [-0.4, -0.2) is 27.9 Å². The highest BCUT2D eigenvalue weighted by Gasteiger charge is 2.15. The van der Waals surface area contributed by atoms with E-state index in [9.17, 15) is 0 Å². The van der Waals surface area contributed by atoms with Gasteiger partial charge in [0.1, 0.15) is 0 Å². The molecule has 0 atom stereocenters. The second kappa shape index (κ2) is 1.98. The lowest BCUT2D eigenvalue weighted by Gasteiger charge is -2.20. The van der Waals surface area contributed by atoms with Crippen molar-refractivity contribution >= 4 is 11.8 Å². The first kappa shape index (κ1) is 6.21. The van der Waals surface area contributed by atoms with Gasteiger partial charge in [-0.15, -0.1) is 0 Å². The molecule has 0 aromatic carbocycles. The van der Waals surface area contributed by atoms with Crippen LogP contribution in [0, 0.1) is 0 Å². The minimum absolute atomic E-state index is 0.518. The number of aromatic nitrogens is 2. The Morgan fingerprint density at radius 2 is 2.55 bits per heavy atom. The summed E-state index contributed by atoms with van der Waals surface area (Å²) in [4.78, 5) is 12.9. The molecular formula is C6H9N5. The van der Waals surface area contributed by atoms with Crippen LogP contribution in [0.15, 0.2) is 11.3 Å². The van der Waals surface area contributed by atoms with Crippen molar-refractivity contribution < 1.29 is 0 Å². The normalized spacial score (nSPS) is 16.1. The molecule has 5 nitrogen and oxygen atoms in total. The number of rotatable bonds is 0. The van der Waals surface area contributed by atoms with E-state index in [0.29, 0.717) is 11.8 Å². The number of nitrogens with two attached hydrogens (primary N) is 1. The van der Waals surface area contributed by atoms with Gasteiger partial charge in [-0.2, -0.15) is 4.99 Å². The topological polar surface area (TPSA) is 70.3 Å².